The maximum atomic E-state index is 3.33. The highest BCUT2D eigenvalue weighted by Gasteiger charge is 2.23. The molecule has 1 N–H and O–H groups in total. The number of hydrogen-bond acceptors (Lipinski definition) is 2. The Morgan fingerprint density at radius 1 is 1.56 bits per heavy atom. The highest BCUT2D eigenvalue weighted by atomic mass is 15.3. The van der Waals surface area contributed by atoms with E-state index in [4.69, 9.17) is 0 Å². The van der Waals surface area contributed by atoms with Crippen molar-refractivity contribution in [1.82, 2.24) is 10.2 Å². The predicted octanol–water partition coefficient (Wildman–Crippen LogP) is 0.525. The molecule has 2 heteroatoms. The fourth-order valence-corrected chi connectivity index (χ4v) is 1.60. The van der Waals surface area contributed by atoms with E-state index in [0.717, 1.165) is 6.54 Å². The summed E-state index contributed by atoms with van der Waals surface area (Å²) in [7, 11) is 0. The minimum absolute atomic E-state index is 0.662. The van der Waals surface area contributed by atoms with E-state index in [0.29, 0.717) is 6.17 Å². The Morgan fingerprint density at radius 3 is 3.44 bits per heavy atom. The predicted molar refractivity (Wildman–Crippen MR) is 36.9 cm³/mol. The van der Waals surface area contributed by atoms with Crippen LogP contribution in [0.1, 0.15) is 12.8 Å². The molecule has 2 nitrogen and oxygen atoms in total. The second-order valence-corrected chi connectivity index (χ2v) is 2.72. The minimum Gasteiger partial charge on any atom is -0.376 e. The van der Waals surface area contributed by atoms with Crippen molar-refractivity contribution in [2.75, 3.05) is 13.1 Å². The molecule has 0 aliphatic carbocycles. The molecule has 1 atom stereocenters. The first-order valence-electron chi connectivity index (χ1n) is 3.62. The molecule has 1 fully saturated rings. The standard InChI is InChI=1S/C7H12N2/c1-3-7-8-4-2-6-9(7)5-1/h2,4,7-8H,1,3,5-6H2. The van der Waals surface area contributed by atoms with Crippen molar-refractivity contribution < 1.29 is 0 Å². The van der Waals surface area contributed by atoms with Gasteiger partial charge in [0.15, 0.2) is 0 Å². The van der Waals surface area contributed by atoms with Crippen LogP contribution in [0.5, 0.6) is 0 Å². The summed E-state index contributed by atoms with van der Waals surface area (Å²) in [6.45, 7) is 2.43. The molecule has 2 aliphatic rings. The Bertz CT molecular complexity index is 117. The summed E-state index contributed by atoms with van der Waals surface area (Å²) in [5.41, 5.74) is 0. The van der Waals surface area contributed by atoms with E-state index in [1.165, 1.54) is 19.4 Å². The highest BCUT2D eigenvalue weighted by molar-refractivity contribution is 4.95. The van der Waals surface area contributed by atoms with Crippen LogP contribution in [0.2, 0.25) is 0 Å². The van der Waals surface area contributed by atoms with E-state index >= 15 is 0 Å². The number of hydrogen-bond donors (Lipinski definition) is 1. The highest BCUT2D eigenvalue weighted by Crippen LogP contribution is 2.16. The molecule has 1 saturated heterocycles. The second kappa shape index (κ2) is 2.03. The Morgan fingerprint density at radius 2 is 2.56 bits per heavy atom. The van der Waals surface area contributed by atoms with E-state index < -0.39 is 0 Å². The van der Waals surface area contributed by atoms with Gasteiger partial charge in [-0.2, -0.15) is 0 Å². The molecule has 0 amide bonds. The van der Waals surface area contributed by atoms with Crippen LogP contribution in [0, 0.1) is 0 Å². The van der Waals surface area contributed by atoms with Gasteiger partial charge in [0.2, 0.25) is 0 Å². The summed E-state index contributed by atoms with van der Waals surface area (Å²) in [6, 6.07) is 0. The maximum absolute atomic E-state index is 3.33. The van der Waals surface area contributed by atoms with Gasteiger partial charge in [-0.1, -0.05) is 6.08 Å². The van der Waals surface area contributed by atoms with Crippen molar-refractivity contribution in [1.29, 1.82) is 0 Å². The van der Waals surface area contributed by atoms with Crippen molar-refractivity contribution in [2.45, 2.75) is 19.0 Å². The van der Waals surface area contributed by atoms with E-state index in [2.05, 4.69) is 22.5 Å². The van der Waals surface area contributed by atoms with Crippen LogP contribution >= 0.6 is 0 Å². The molecular formula is C7H12N2. The van der Waals surface area contributed by atoms with Crippen molar-refractivity contribution in [2.24, 2.45) is 0 Å². The van der Waals surface area contributed by atoms with E-state index in [-0.39, 0.29) is 0 Å². The molecule has 0 saturated carbocycles. The lowest BCUT2D eigenvalue weighted by atomic mass is 10.3. The van der Waals surface area contributed by atoms with Crippen molar-refractivity contribution in [3.63, 3.8) is 0 Å². The van der Waals surface area contributed by atoms with Crippen molar-refractivity contribution in [3.8, 4) is 0 Å². The summed E-state index contributed by atoms with van der Waals surface area (Å²) in [4.78, 5) is 2.47. The van der Waals surface area contributed by atoms with E-state index in [1.807, 2.05) is 0 Å². The molecule has 9 heavy (non-hydrogen) atoms. The van der Waals surface area contributed by atoms with Gasteiger partial charge in [0.05, 0.1) is 6.17 Å². The average Bonchev–Trinajstić information content (AvgIpc) is 2.33. The number of rotatable bonds is 0. The minimum atomic E-state index is 0.662. The lowest BCUT2D eigenvalue weighted by Gasteiger charge is -2.26. The quantitative estimate of drug-likeness (QED) is 0.506. The molecule has 0 bridgehead atoms. The first kappa shape index (κ1) is 5.30. The summed E-state index contributed by atoms with van der Waals surface area (Å²) in [5, 5.41) is 3.33. The van der Waals surface area contributed by atoms with Crippen LogP contribution in [0.3, 0.4) is 0 Å². The topological polar surface area (TPSA) is 15.3 Å². The number of nitrogens with one attached hydrogen (secondary N) is 1. The van der Waals surface area contributed by atoms with Crippen LogP contribution in [0.4, 0.5) is 0 Å². The molecule has 0 aromatic rings. The summed E-state index contributed by atoms with van der Waals surface area (Å²) < 4.78 is 0. The second-order valence-electron chi connectivity index (χ2n) is 2.72. The fourth-order valence-electron chi connectivity index (χ4n) is 1.60. The van der Waals surface area contributed by atoms with E-state index in [9.17, 15) is 0 Å². The molecule has 0 aromatic carbocycles. The first-order chi connectivity index (χ1) is 4.47. The zero-order valence-corrected chi connectivity index (χ0v) is 5.51. The third-order valence-electron chi connectivity index (χ3n) is 2.11. The number of nitrogens with zero attached hydrogens (tertiary/aromatic N) is 1. The van der Waals surface area contributed by atoms with Gasteiger partial charge in [0, 0.05) is 13.1 Å². The van der Waals surface area contributed by atoms with Crippen molar-refractivity contribution in [3.05, 3.63) is 12.3 Å². The Hall–Kier alpha value is -0.500. The van der Waals surface area contributed by atoms with Gasteiger partial charge in [-0.15, -0.1) is 0 Å². The molecule has 2 aliphatic heterocycles. The van der Waals surface area contributed by atoms with Gasteiger partial charge >= 0.3 is 0 Å². The molecule has 50 valence electrons. The molecule has 0 radical (unpaired) electrons. The van der Waals surface area contributed by atoms with E-state index in [1.54, 1.807) is 0 Å². The molecule has 0 aromatic heterocycles. The van der Waals surface area contributed by atoms with Crippen LogP contribution in [0.15, 0.2) is 12.3 Å². The van der Waals surface area contributed by atoms with Gasteiger partial charge in [-0.3, -0.25) is 4.90 Å². The lowest BCUT2D eigenvalue weighted by Crippen LogP contribution is -2.41. The molecule has 2 rings (SSSR count). The SMILES string of the molecule is C1=CNC2CCCN2C1. The maximum Gasteiger partial charge on any atom is 0.0791 e. The van der Waals surface area contributed by atoms with Crippen LogP contribution in [0.25, 0.3) is 0 Å². The monoisotopic (exact) mass is 124 g/mol. The van der Waals surface area contributed by atoms with Gasteiger partial charge in [-0.25, -0.2) is 0 Å². The Balaban J connectivity index is 2.07. The molecule has 1 unspecified atom stereocenters. The van der Waals surface area contributed by atoms with Crippen molar-refractivity contribution >= 4 is 0 Å². The zero-order chi connectivity index (χ0) is 6.10. The summed E-state index contributed by atoms with van der Waals surface area (Å²) >= 11 is 0. The Kier molecular flexibility index (Phi) is 1.19. The lowest BCUT2D eigenvalue weighted by molar-refractivity contribution is 0.246. The Labute approximate surface area is 55.5 Å². The molecular weight excluding hydrogens is 112 g/mol. The van der Waals surface area contributed by atoms with Crippen LogP contribution in [-0.4, -0.2) is 24.2 Å². The largest absolute Gasteiger partial charge is 0.376 e. The van der Waals surface area contributed by atoms with Gasteiger partial charge < -0.3 is 5.32 Å². The number of fused-ring (bicyclic) bond motifs is 1. The zero-order valence-electron chi connectivity index (χ0n) is 5.51. The van der Waals surface area contributed by atoms with Gasteiger partial charge in [-0.05, 0) is 19.0 Å². The first-order valence-corrected chi connectivity index (χ1v) is 3.62. The smallest absolute Gasteiger partial charge is 0.0791 e. The molecule has 2 heterocycles. The van der Waals surface area contributed by atoms with Crippen LogP contribution in [-0.2, 0) is 0 Å². The average molecular weight is 124 g/mol. The van der Waals surface area contributed by atoms with Gasteiger partial charge in [0.1, 0.15) is 0 Å². The fraction of sp³-hybridized carbons (Fsp3) is 0.714. The summed E-state index contributed by atoms with van der Waals surface area (Å²) in [6.07, 6.45) is 7.60. The third-order valence-corrected chi connectivity index (χ3v) is 2.11. The normalized spacial score (nSPS) is 34.0. The van der Waals surface area contributed by atoms with Crippen LogP contribution < -0.4 is 5.32 Å². The van der Waals surface area contributed by atoms with Gasteiger partial charge in [0.25, 0.3) is 0 Å². The molecule has 0 spiro atoms. The third kappa shape index (κ3) is 0.833. The summed E-state index contributed by atoms with van der Waals surface area (Å²) in [5.74, 6) is 0.